The normalized spacial score (nSPS) is 11.6. The van der Waals surface area contributed by atoms with Gasteiger partial charge >= 0.3 is 5.97 Å². The smallest absolute Gasteiger partial charge is 0.308 e. The molecule has 0 radical (unpaired) electrons. The number of carboxylic acid groups (broad SMARTS) is 1. The molecule has 0 aliphatic rings. The van der Waals surface area contributed by atoms with Crippen molar-refractivity contribution < 1.29 is 23.8 Å². The van der Waals surface area contributed by atoms with Gasteiger partial charge in [-0.15, -0.1) is 0 Å². The molecule has 0 saturated heterocycles. The van der Waals surface area contributed by atoms with Crippen molar-refractivity contribution in [3.05, 3.63) is 65.0 Å². The van der Waals surface area contributed by atoms with E-state index in [0.717, 1.165) is 17.2 Å². The van der Waals surface area contributed by atoms with Crippen LogP contribution < -0.4 is 10.1 Å². The molecular formula is C19H20FNO4. The number of benzene rings is 2. The van der Waals surface area contributed by atoms with Crippen LogP contribution in [-0.2, 0) is 11.2 Å². The molecule has 0 aromatic heterocycles. The molecule has 1 amide bonds. The Balaban J connectivity index is 2.03. The SMILES string of the molecule is COc1cc(C(=O)NCC(Cc2cccc(C)c2)C(=O)O)ccc1F. The van der Waals surface area contributed by atoms with Gasteiger partial charge in [-0.1, -0.05) is 29.8 Å². The van der Waals surface area contributed by atoms with Crippen molar-refractivity contribution in [1.82, 2.24) is 5.32 Å². The van der Waals surface area contributed by atoms with Crippen LogP contribution in [0.15, 0.2) is 42.5 Å². The van der Waals surface area contributed by atoms with E-state index in [1.807, 2.05) is 31.2 Å². The average Bonchev–Trinajstić information content (AvgIpc) is 2.58. The Hall–Kier alpha value is -2.89. The molecule has 1 unspecified atom stereocenters. The second kappa shape index (κ2) is 8.28. The minimum Gasteiger partial charge on any atom is -0.494 e. The molecule has 2 aromatic rings. The third kappa shape index (κ3) is 5.04. The highest BCUT2D eigenvalue weighted by Crippen LogP contribution is 2.18. The number of rotatable bonds is 7. The number of hydrogen-bond donors (Lipinski definition) is 2. The van der Waals surface area contributed by atoms with Crippen molar-refractivity contribution in [2.45, 2.75) is 13.3 Å². The molecule has 0 saturated carbocycles. The van der Waals surface area contributed by atoms with Crippen molar-refractivity contribution in [3.8, 4) is 5.75 Å². The monoisotopic (exact) mass is 345 g/mol. The molecule has 2 rings (SSSR count). The summed E-state index contributed by atoms with van der Waals surface area (Å²) in [6.45, 7) is 1.91. The number of ether oxygens (including phenoxy) is 1. The number of methoxy groups -OCH3 is 1. The highest BCUT2D eigenvalue weighted by molar-refractivity contribution is 5.94. The van der Waals surface area contributed by atoms with Gasteiger partial charge in [-0.3, -0.25) is 9.59 Å². The van der Waals surface area contributed by atoms with Crippen molar-refractivity contribution in [1.29, 1.82) is 0 Å². The van der Waals surface area contributed by atoms with Gasteiger partial charge in [0.2, 0.25) is 0 Å². The summed E-state index contributed by atoms with van der Waals surface area (Å²) in [6.07, 6.45) is 0.310. The van der Waals surface area contributed by atoms with Crippen LogP contribution in [0.2, 0.25) is 0 Å². The molecule has 25 heavy (non-hydrogen) atoms. The van der Waals surface area contributed by atoms with E-state index in [0.29, 0.717) is 6.42 Å². The molecular weight excluding hydrogens is 325 g/mol. The van der Waals surface area contributed by atoms with Crippen molar-refractivity contribution in [3.63, 3.8) is 0 Å². The van der Waals surface area contributed by atoms with E-state index in [9.17, 15) is 19.1 Å². The lowest BCUT2D eigenvalue weighted by Gasteiger charge is -2.14. The van der Waals surface area contributed by atoms with Crippen LogP contribution in [0.3, 0.4) is 0 Å². The molecule has 132 valence electrons. The Kier molecular flexibility index (Phi) is 6.11. The summed E-state index contributed by atoms with van der Waals surface area (Å²) in [7, 11) is 1.31. The first-order valence-electron chi connectivity index (χ1n) is 7.80. The summed E-state index contributed by atoms with van der Waals surface area (Å²) in [5, 5.41) is 12.0. The molecule has 5 nitrogen and oxygen atoms in total. The van der Waals surface area contributed by atoms with Crippen molar-refractivity contribution in [2.75, 3.05) is 13.7 Å². The summed E-state index contributed by atoms with van der Waals surface area (Å²) in [4.78, 5) is 23.6. The van der Waals surface area contributed by atoms with Gasteiger partial charge in [0.05, 0.1) is 13.0 Å². The first-order chi connectivity index (χ1) is 11.9. The maximum atomic E-state index is 13.4. The Bertz CT molecular complexity index is 776. The number of halogens is 1. The predicted molar refractivity (Wildman–Crippen MR) is 91.3 cm³/mol. The van der Waals surface area contributed by atoms with Crippen molar-refractivity contribution >= 4 is 11.9 Å². The number of aliphatic carboxylic acids is 1. The number of carbonyl (C=O) groups excluding carboxylic acids is 1. The van der Waals surface area contributed by atoms with Crippen LogP contribution in [0.1, 0.15) is 21.5 Å². The number of hydrogen-bond acceptors (Lipinski definition) is 3. The molecule has 0 aliphatic carbocycles. The van der Waals surface area contributed by atoms with E-state index in [-0.39, 0.29) is 17.9 Å². The van der Waals surface area contributed by atoms with Gasteiger partial charge in [0, 0.05) is 12.1 Å². The average molecular weight is 345 g/mol. The zero-order valence-corrected chi connectivity index (χ0v) is 14.1. The van der Waals surface area contributed by atoms with Gasteiger partial charge < -0.3 is 15.2 Å². The fourth-order valence-electron chi connectivity index (χ4n) is 2.49. The topological polar surface area (TPSA) is 75.6 Å². The molecule has 2 aromatic carbocycles. The third-order valence-corrected chi connectivity index (χ3v) is 3.84. The number of aryl methyl sites for hydroxylation is 1. The van der Waals surface area contributed by atoms with Gasteiger partial charge in [-0.2, -0.15) is 0 Å². The highest BCUT2D eigenvalue weighted by Gasteiger charge is 2.20. The Labute approximate surface area is 145 Å². The van der Waals surface area contributed by atoms with E-state index in [2.05, 4.69) is 5.32 Å². The van der Waals surface area contributed by atoms with Gasteiger partial charge in [0.15, 0.2) is 11.6 Å². The standard InChI is InChI=1S/C19H20FNO4/c1-12-4-3-5-13(8-12)9-15(19(23)24)11-21-18(22)14-6-7-16(20)17(10-14)25-2/h3-8,10,15H,9,11H2,1-2H3,(H,21,22)(H,23,24). The zero-order valence-electron chi connectivity index (χ0n) is 14.1. The summed E-state index contributed by atoms with van der Waals surface area (Å²) in [5.41, 5.74) is 2.15. The van der Waals surface area contributed by atoms with E-state index in [1.54, 1.807) is 0 Å². The molecule has 0 aliphatic heterocycles. The van der Waals surface area contributed by atoms with Crippen LogP contribution in [0, 0.1) is 18.7 Å². The van der Waals surface area contributed by atoms with Gasteiger partial charge in [-0.25, -0.2) is 4.39 Å². The van der Waals surface area contributed by atoms with Gasteiger partial charge in [0.25, 0.3) is 5.91 Å². The minimum absolute atomic E-state index is 0.0260. The largest absolute Gasteiger partial charge is 0.494 e. The van der Waals surface area contributed by atoms with E-state index in [4.69, 9.17) is 4.74 Å². The first kappa shape index (κ1) is 18.4. The predicted octanol–water partition coefficient (Wildman–Crippen LogP) is 2.82. The lowest BCUT2D eigenvalue weighted by molar-refractivity contribution is -0.141. The number of carbonyl (C=O) groups is 2. The fourth-order valence-corrected chi connectivity index (χ4v) is 2.49. The third-order valence-electron chi connectivity index (χ3n) is 3.84. The Morgan fingerprint density at radius 2 is 2.00 bits per heavy atom. The van der Waals surface area contributed by atoms with E-state index in [1.165, 1.54) is 19.2 Å². The Morgan fingerprint density at radius 3 is 2.64 bits per heavy atom. The number of amides is 1. The maximum absolute atomic E-state index is 13.4. The summed E-state index contributed by atoms with van der Waals surface area (Å²) >= 11 is 0. The zero-order chi connectivity index (χ0) is 18.4. The summed E-state index contributed by atoms with van der Waals surface area (Å²) in [6, 6.07) is 11.3. The van der Waals surface area contributed by atoms with Crippen LogP contribution in [-0.4, -0.2) is 30.6 Å². The van der Waals surface area contributed by atoms with Gasteiger partial charge in [-0.05, 0) is 37.1 Å². The number of nitrogens with one attached hydrogen (secondary N) is 1. The first-order valence-corrected chi connectivity index (χ1v) is 7.80. The summed E-state index contributed by atoms with van der Waals surface area (Å²) in [5.74, 6) is -2.83. The van der Waals surface area contributed by atoms with Crippen molar-refractivity contribution in [2.24, 2.45) is 5.92 Å². The van der Waals surface area contributed by atoms with E-state index < -0.39 is 23.6 Å². The molecule has 0 bridgehead atoms. The van der Waals surface area contributed by atoms with Crippen LogP contribution in [0.4, 0.5) is 4.39 Å². The molecule has 0 heterocycles. The fraction of sp³-hybridized carbons (Fsp3) is 0.263. The van der Waals surface area contributed by atoms with Gasteiger partial charge in [0.1, 0.15) is 0 Å². The van der Waals surface area contributed by atoms with E-state index >= 15 is 0 Å². The second-order valence-corrected chi connectivity index (χ2v) is 5.79. The lowest BCUT2D eigenvalue weighted by atomic mass is 9.98. The molecule has 1 atom stereocenters. The van der Waals surface area contributed by atoms with Crippen LogP contribution >= 0.6 is 0 Å². The molecule has 0 spiro atoms. The molecule has 6 heteroatoms. The molecule has 0 fully saturated rings. The Morgan fingerprint density at radius 1 is 1.24 bits per heavy atom. The minimum atomic E-state index is -0.988. The number of carboxylic acids is 1. The molecule has 2 N–H and O–H groups in total. The van der Waals surface area contributed by atoms with Crippen LogP contribution in [0.5, 0.6) is 5.75 Å². The lowest BCUT2D eigenvalue weighted by Crippen LogP contribution is -2.34. The maximum Gasteiger partial charge on any atom is 0.308 e. The summed E-state index contributed by atoms with van der Waals surface area (Å²) < 4.78 is 18.2. The second-order valence-electron chi connectivity index (χ2n) is 5.79. The quantitative estimate of drug-likeness (QED) is 0.809. The van der Waals surface area contributed by atoms with Crippen LogP contribution in [0.25, 0.3) is 0 Å². The highest BCUT2D eigenvalue weighted by atomic mass is 19.1.